The summed E-state index contributed by atoms with van der Waals surface area (Å²) in [4.78, 5) is 10.3. The molecule has 2 nitrogen and oxygen atoms in total. The molecule has 0 aromatic rings. The third kappa shape index (κ3) is 12.8. The van der Waals surface area contributed by atoms with E-state index < -0.39 is 11.3 Å². The summed E-state index contributed by atoms with van der Waals surface area (Å²) in [6.07, 6.45) is 10.2. The van der Waals surface area contributed by atoms with Crippen molar-refractivity contribution in [2.45, 2.75) is 70.1 Å². The van der Waals surface area contributed by atoms with Crippen LogP contribution in [0.5, 0.6) is 0 Å². The predicted molar refractivity (Wildman–Crippen MR) is 61.9 cm³/mol. The molecule has 16 heavy (non-hydrogen) atoms. The Bertz CT molecular complexity index is 165. The third-order valence-corrected chi connectivity index (χ3v) is 2.96. The fourth-order valence-corrected chi connectivity index (χ4v) is 1.73. The monoisotopic (exact) mass is 256 g/mol. The Balaban J connectivity index is 0. The Kier molecular flexibility index (Phi) is 16.5. The van der Waals surface area contributed by atoms with Crippen molar-refractivity contribution >= 4 is 17.6 Å². The van der Waals surface area contributed by atoms with Gasteiger partial charge < -0.3 is 9.90 Å². The van der Waals surface area contributed by atoms with Crippen LogP contribution in [0.15, 0.2) is 0 Å². The third-order valence-electron chi connectivity index (χ3n) is 2.57. The quantitative estimate of drug-likeness (QED) is 0.311. The van der Waals surface area contributed by atoms with Crippen molar-refractivity contribution in [3.63, 3.8) is 0 Å². The first kappa shape index (κ1) is 19.1. The molecule has 0 aromatic heterocycles. The van der Waals surface area contributed by atoms with Crippen LogP contribution < -0.4 is 34.7 Å². The summed E-state index contributed by atoms with van der Waals surface area (Å²) in [5, 5.41) is 9.49. The molecule has 0 spiro atoms. The number of carboxylic acid groups (broad SMARTS) is 1. The van der Waals surface area contributed by atoms with Crippen molar-refractivity contribution in [3.05, 3.63) is 0 Å². The molecule has 0 saturated carbocycles. The molecule has 0 aliphatic carbocycles. The summed E-state index contributed by atoms with van der Waals surface area (Å²) in [6, 6.07) is 0. The number of halogens is 1. The Hall–Kier alpha value is 0.760. The van der Waals surface area contributed by atoms with Crippen LogP contribution in [0, 0.1) is 0 Å². The minimum absolute atomic E-state index is 0. The van der Waals surface area contributed by atoms with Gasteiger partial charge in [0.2, 0.25) is 0 Å². The maximum atomic E-state index is 10.3. The number of carboxylic acids is 1. The standard InChI is InChI=1S/C12H23ClO2.Na/c1-2-3-4-5-6-7-8-9-10-11(13)12(14)15;/h11H,2-10H2,1H3,(H,14,15);/q;+1/p-1. The summed E-state index contributed by atoms with van der Waals surface area (Å²) in [5.41, 5.74) is 0. The molecule has 0 aliphatic heterocycles. The number of carbonyl (C=O) groups is 1. The van der Waals surface area contributed by atoms with Gasteiger partial charge in [0.25, 0.3) is 0 Å². The van der Waals surface area contributed by atoms with Crippen LogP contribution in [-0.4, -0.2) is 11.3 Å². The van der Waals surface area contributed by atoms with Gasteiger partial charge in [0.15, 0.2) is 0 Å². The molecule has 1 unspecified atom stereocenters. The van der Waals surface area contributed by atoms with E-state index in [1.807, 2.05) is 0 Å². The molecule has 0 N–H and O–H groups in total. The molecule has 0 bridgehead atoms. The number of carbonyl (C=O) groups excluding carboxylic acids is 1. The number of hydrogen-bond donors (Lipinski definition) is 0. The van der Waals surface area contributed by atoms with Crippen LogP contribution in [0.25, 0.3) is 0 Å². The summed E-state index contributed by atoms with van der Waals surface area (Å²) >= 11 is 5.54. The second-order valence-electron chi connectivity index (χ2n) is 4.05. The van der Waals surface area contributed by atoms with E-state index >= 15 is 0 Å². The van der Waals surface area contributed by atoms with E-state index in [0.717, 1.165) is 12.8 Å². The van der Waals surface area contributed by atoms with Gasteiger partial charge in [-0.1, -0.05) is 58.3 Å². The largest absolute Gasteiger partial charge is 1.00 e. The van der Waals surface area contributed by atoms with Gasteiger partial charge in [0.05, 0.1) is 11.3 Å². The second-order valence-corrected chi connectivity index (χ2v) is 4.58. The zero-order valence-electron chi connectivity index (χ0n) is 10.6. The smallest absolute Gasteiger partial charge is 0.549 e. The summed E-state index contributed by atoms with van der Waals surface area (Å²) in [7, 11) is 0. The topological polar surface area (TPSA) is 40.1 Å². The number of alkyl halides is 1. The zero-order chi connectivity index (χ0) is 11.5. The molecule has 0 aromatic carbocycles. The maximum absolute atomic E-state index is 10.3. The predicted octanol–water partition coefficient (Wildman–Crippen LogP) is -0.121. The number of aliphatic carboxylic acids is 1. The van der Waals surface area contributed by atoms with Gasteiger partial charge in [0, 0.05) is 0 Å². The fraction of sp³-hybridized carbons (Fsp3) is 0.917. The Labute approximate surface area is 126 Å². The van der Waals surface area contributed by atoms with E-state index in [0.29, 0.717) is 6.42 Å². The number of hydrogen-bond acceptors (Lipinski definition) is 2. The van der Waals surface area contributed by atoms with Crippen molar-refractivity contribution in [2.75, 3.05) is 0 Å². The number of rotatable bonds is 10. The van der Waals surface area contributed by atoms with E-state index in [2.05, 4.69) is 6.92 Å². The van der Waals surface area contributed by atoms with E-state index in [1.165, 1.54) is 38.5 Å². The fourth-order valence-electron chi connectivity index (χ4n) is 1.58. The minimum atomic E-state index is -1.14. The van der Waals surface area contributed by atoms with Gasteiger partial charge in [-0.05, 0) is 6.42 Å². The maximum Gasteiger partial charge on any atom is 1.00 e. The van der Waals surface area contributed by atoms with Gasteiger partial charge >= 0.3 is 29.6 Å². The van der Waals surface area contributed by atoms with Crippen LogP contribution in [0.1, 0.15) is 64.7 Å². The first-order chi connectivity index (χ1) is 7.18. The molecule has 1 atom stereocenters. The SMILES string of the molecule is CCCCCCCCCCC(Cl)C(=O)[O-].[Na+]. The molecule has 0 amide bonds. The minimum Gasteiger partial charge on any atom is -0.549 e. The molecule has 0 saturated heterocycles. The van der Waals surface area contributed by atoms with Gasteiger partial charge in [0.1, 0.15) is 0 Å². The van der Waals surface area contributed by atoms with Crippen LogP contribution in [0.3, 0.4) is 0 Å². The van der Waals surface area contributed by atoms with Crippen LogP contribution >= 0.6 is 11.6 Å². The Morgan fingerprint density at radius 2 is 1.50 bits per heavy atom. The van der Waals surface area contributed by atoms with Gasteiger partial charge in [-0.25, -0.2) is 0 Å². The van der Waals surface area contributed by atoms with E-state index in [-0.39, 0.29) is 29.6 Å². The van der Waals surface area contributed by atoms with E-state index in [4.69, 9.17) is 11.6 Å². The van der Waals surface area contributed by atoms with Crippen molar-refractivity contribution < 1.29 is 39.5 Å². The van der Waals surface area contributed by atoms with Gasteiger partial charge in [-0.2, -0.15) is 0 Å². The Morgan fingerprint density at radius 3 is 1.94 bits per heavy atom. The molecule has 0 rings (SSSR count). The molecule has 0 aliphatic rings. The molecule has 0 fully saturated rings. The average Bonchev–Trinajstić information content (AvgIpc) is 2.21. The van der Waals surface area contributed by atoms with Crippen LogP contribution in [-0.2, 0) is 4.79 Å². The van der Waals surface area contributed by atoms with E-state index in [9.17, 15) is 9.90 Å². The number of unbranched alkanes of at least 4 members (excludes halogenated alkanes) is 7. The first-order valence-electron chi connectivity index (χ1n) is 6.03. The molecule has 0 radical (unpaired) electrons. The summed E-state index contributed by atoms with van der Waals surface area (Å²) in [6.45, 7) is 2.21. The summed E-state index contributed by atoms with van der Waals surface area (Å²) < 4.78 is 0. The van der Waals surface area contributed by atoms with Crippen molar-refractivity contribution in [3.8, 4) is 0 Å². The average molecular weight is 257 g/mol. The molecule has 90 valence electrons. The van der Waals surface area contributed by atoms with E-state index in [1.54, 1.807) is 0 Å². The molecule has 0 heterocycles. The normalized spacial score (nSPS) is 11.9. The molecular weight excluding hydrogens is 235 g/mol. The van der Waals surface area contributed by atoms with Crippen molar-refractivity contribution in [1.82, 2.24) is 0 Å². The second kappa shape index (κ2) is 13.8. The van der Waals surface area contributed by atoms with Crippen LogP contribution in [0.2, 0.25) is 0 Å². The molecular formula is C12H22ClNaO2. The van der Waals surface area contributed by atoms with Crippen molar-refractivity contribution in [1.29, 1.82) is 0 Å². The first-order valence-corrected chi connectivity index (χ1v) is 6.47. The van der Waals surface area contributed by atoms with Crippen molar-refractivity contribution in [2.24, 2.45) is 0 Å². The van der Waals surface area contributed by atoms with Gasteiger partial charge in [-0.3, -0.25) is 0 Å². The van der Waals surface area contributed by atoms with Gasteiger partial charge in [-0.15, -0.1) is 11.6 Å². The summed E-state index contributed by atoms with van der Waals surface area (Å²) in [5.74, 6) is -1.14. The zero-order valence-corrected chi connectivity index (χ0v) is 13.4. The molecule has 4 heteroatoms. The Morgan fingerprint density at radius 1 is 1.06 bits per heavy atom. The van der Waals surface area contributed by atoms with Crippen LogP contribution in [0.4, 0.5) is 0 Å².